The molecule has 1 aliphatic carbocycles. The van der Waals surface area contributed by atoms with Crippen molar-refractivity contribution in [1.82, 2.24) is 9.80 Å². The quantitative estimate of drug-likeness (QED) is 0.634. The molecule has 3 rings (SSSR count). The van der Waals surface area contributed by atoms with E-state index in [2.05, 4.69) is 6.58 Å². The van der Waals surface area contributed by atoms with Crippen LogP contribution in [0.1, 0.15) is 30.7 Å². The molecule has 0 unspecified atom stereocenters. The first-order valence-corrected chi connectivity index (χ1v) is 7.59. The number of hydrogen-bond acceptors (Lipinski definition) is 2. The van der Waals surface area contributed by atoms with Crippen molar-refractivity contribution in [3.8, 4) is 0 Å². The number of amides is 3. The predicted octanol–water partition coefficient (Wildman–Crippen LogP) is 2.91. The van der Waals surface area contributed by atoms with Crippen molar-refractivity contribution >= 4 is 11.9 Å². The number of carbonyl (C=O) groups excluding carboxylic acids is 2. The molecule has 22 heavy (non-hydrogen) atoms. The van der Waals surface area contributed by atoms with Crippen LogP contribution in [0.2, 0.25) is 0 Å². The minimum absolute atomic E-state index is 0.0946. The van der Waals surface area contributed by atoms with E-state index in [1.54, 1.807) is 18.2 Å². The summed E-state index contributed by atoms with van der Waals surface area (Å²) in [6.45, 7) is 4.12. The molecule has 1 aromatic carbocycles. The van der Waals surface area contributed by atoms with Crippen LogP contribution in [0.15, 0.2) is 36.9 Å². The van der Waals surface area contributed by atoms with Gasteiger partial charge in [0, 0.05) is 18.5 Å². The first-order chi connectivity index (χ1) is 10.6. The zero-order valence-corrected chi connectivity index (χ0v) is 12.4. The SMILES string of the molecule is C=CCN1CC(=O)N([C@@H]2CCC[C@@H]2c2ccc(F)cc2)C1=O. The largest absolute Gasteiger partial charge is 0.327 e. The monoisotopic (exact) mass is 302 g/mol. The molecule has 3 amide bonds. The highest BCUT2D eigenvalue weighted by Crippen LogP contribution is 2.39. The average molecular weight is 302 g/mol. The van der Waals surface area contributed by atoms with Crippen LogP contribution in [0, 0.1) is 5.82 Å². The summed E-state index contributed by atoms with van der Waals surface area (Å²) in [5.74, 6) is -0.327. The molecule has 0 N–H and O–H groups in total. The minimum atomic E-state index is -0.274. The highest BCUT2D eigenvalue weighted by Gasteiger charge is 2.44. The van der Waals surface area contributed by atoms with Crippen molar-refractivity contribution in [3.63, 3.8) is 0 Å². The van der Waals surface area contributed by atoms with Gasteiger partial charge in [-0.3, -0.25) is 9.69 Å². The van der Waals surface area contributed by atoms with Crippen LogP contribution in [-0.2, 0) is 4.79 Å². The third kappa shape index (κ3) is 2.51. The number of halogens is 1. The van der Waals surface area contributed by atoms with Crippen LogP contribution >= 0.6 is 0 Å². The molecule has 0 aromatic heterocycles. The van der Waals surface area contributed by atoms with E-state index in [4.69, 9.17) is 0 Å². The molecule has 5 heteroatoms. The van der Waals surface area contributed by atoms with E-state index in [1.165, 1.54) is 21.9 Å². The van der Waals surface area contributed by atoms with Crippen LogP contribution in [0.3, 0.4) is 0 Å². The Morgan fingerprint density at radius 1 is 1.23 bits per heavy atom. The standard InChI is InChI=1S/C17H19FN2O2/c1-2-10-19-11-16(21)20(17(19)22)15-5-3-4-14(15)12-6-8-13(18)9-7-12/h2,6-9,14-15H,1,3-5,10-11H2/t14-,15-/m1/s1. The Labute approximate surface area is 129 Å². The molecule has 0 bridgehead atoms. The number of imide groups is 1. The fourth-order valence-electron chi connectivity index (χ4n) is 3.54. The molecule has 2 aliphatic rings. The Bertz CT molecular complexity index is 599. The van der Waals surface area contributed by atoms with Gasteiger partial charge < -0.3 is 4.90 Å². The smallest absolute Gasteiger partial charge is 0.311 e. The zero-order valence-electron chi connectivity index (χ0n) is 12.4. The molecule has 1 aliphatic heterocycles. The molecule has 1 aromatic rings. The lowest BCUT2D eigenvalue weighted by molar-refractivity contribution is -0.127. The molecule has 0 radical (unpaired) electrons. The Morgan fingerprint density at radius 3 is 2.64 bits per heavy atom. The van der Waals surface area contributed by atoms with Gasteiger partial charge in [-0.1, -0.05) is 24.6 Å². The maximum atomic E-state index is 13.1. The van der Waals surface area contributed by atoms with E-state index >= 15 is 0 Å². The third-order valence-electron chi connectivity index (χ3n) is 4.53. The average Bonchev–Trinajstić information content (AvgIpc) is 3.06. The van der Waals surface area contributed by atoms with Crippen molar-refractivity contribution in [3.05, 3.63) is 48.3 Å². The second-order valence-corrected chi connectivity index (χ2v) is 5.87. The summed E-state index contributed by atoms with van der Waals surface area (Å²) in [6, 6.07) is 6.02. The lowest BCUT2D eigenvalue weighted by Gasteiger charge is -2.28. The number of carbonyl (C=O) groups is 2. The first-order valence-electron chi connectivity index (χ1n) is 7.59. The number of urea groups is 1. The van der Waals surface area contributed by atoms with Gasteiger partial charge in [-0.05, 0) is 30.5 Å². The lowest BCUT2D eigenvalue weighted by Crippen LogP contribution is -2.42. The van der Waals surface area contributed by atoms with Crippen LogP contribution in [0.4, 0.5) is 9.18 Å². The Balaban J connectivity index is 1.84. The van der Waals surface area contributed by atoms with Crippen molar-refractivity contribution < 1.29 is 14.0 Å². The first kappa shape index (κ1) is 14.8. The maximum absolute atomic E-state index is 13.1. The van der Waals surface area contributed by atoms with E-state index in [0.29, 0.717) is 6.54 Å². The van der Waals surface area contributed by atoms with E-state index in [-0.39, 0.29) is 36.3 Å². The Hall–Kier alpha value is -2.17. The summed E-state index contributed by atoms with van der Waals surface area (Å²) >= 11 is 0. The summed E-state index contributed by atoms with van der Waals surface area (Å²) in [7, 11) is 0. The van der Waals surface area contributed by atoms with E-state index in [0.717, 1.165) is 24.8 Å². The Kier molecular flexibility index (Phi) is 3.96. The number of nitrogens with zero attached hydrogens (tertiary/aromatic N) is 2. The molecule has 1 saturated heterocycles. The molecule has 0 spiro atoms. The van der Waals surface area contributed by atoms with Crippen molar-refractivity contribution in [1.29, 1.82) is 0 Å². The molecular formula is C17H19FN2O2. The maximum Gasteiger partial charge on any atom is 0.327 e. The summed E-state index contributed by atoms with van der Waals surface area (Å²) in [6.07, 6.45) is 4.31. The fraction of sp³-hybridized carbons (Fsp3) is 0.412. The van der Waals surface area contributed by atoms with Gasteiger partial charge in [0.05, 0.1) is 0 Å². The van der Waals surface area contributed by atoms with Gasteiger partial charge in [-0.2, -0.15) is 0 Å². The molecule has 1 heterocycles. The van der Waals surface area contributed by atoms with E-state index < -0.39 is 0 Å². The van der Waals surface area contributed by atoms with Gasteiger partial charge in [-0.25, -0.2) is 9.18 Å². The third-order valence-corrected chi connectivity index (χ3v) is 4.53. The molecular weight excluding hydrogens is 283 g/mol. The molecule has 116 valence electrons. The van der Waals surface area contributed by atoms with Gasteiger partial charge in [0.25, 0.3) is 5.91 Å². The lowest BCUT2D eigenvalue weighted by atomic mass is 9.93. The molecule has 1 saturated carbocycles. The van der Waals surface area contributed by atoms with Crippen molar-refractivity contribution in [2.75, 3.05) is 13.1 Å². The van der Waals surface area contributed by atoms with Crippen LogP contribution in [0.5, 0.6) is 0 Å². The van der Waals surface area contributed by atoms with Crippen LogP contribution in [0.25, 0.3) is 0 Å². The molecule has 4 nitrogen and oxygen atoms in total. The molecule has 2 fully saturated rings. The number of benzene rings is 1. The fourth-order valence-corrected chi connectivity index (χ4v) is 3.54. The summed E-state index contributed by atoms with van der Waals surface area (Å²) in [5.41, 5.74) is 0.992. The van der Waals surface area contributed by atoms with Gasteiger partial charge in [0.2, 0.25) is 0 Å². The topological polar surface area (TPSA) is 40.6 Å². The van der Waals surface area contributed by atoms with Gasteiger partial charge in [0.15, 0.2) is 0 Å². The normalized spacial score (nSPS) is 25.1. The van der Waals surface area contributed by atoms with Crippen LogP contribution in [-0.4, -0.2) is 40.9 Å². The number of rotatable bonds is 4. The number of hydrogen-bond donors (Lipinski definition) is 0. The summed E-state index contributed by atoms with van der Waals surface area (Å²) < 4.78 is 13.1. The summed E-state index contributed by atoms with van der Waals surface area (Å²) in [4.78, 5) is 27.6. The summed E-state index contributed by atoms with van der Waals surface area (Å²) in [5, 5.41) is 0. The predicted molar refractivity (Wildman–Crippen MR) is 80.8 cm³/mol. The van der Waals surface area contributed by atoms with Gasteiger partial charge in [0.1, 0.15) is 12.4 Å². The van der Waals surface area contributed by atoms with Gasteiger partial charge >= 0.3 is 6.03 Å². The second kappa shape index (κ2) is 5.91. The zero-order chi connectivity index (χ0) is 15.7. The van der Waals surface area contributed by atoms with Crippen molar-refractivity contribution in [2.45, 2.75) is 31.2 Å². The molecule has 2 atom stereocenters. The van der Waals surface area contributed by atoms with Gasteiger partial charge in [-0.15, -0.1) is 6.58 Å². The second-order valence-electron chi connectivity index (χ2n) is 5.87. The Morgan fingerprint density at radius 2 is 1.95 bits per heavy atom. The van der Waals surface area contributed by atoms with Crippen LogP contribution < -0.4 is 0 Å². The highest BCUT2D eigenvalue weighted by atomic mass is 19.1. The van der Waals surface area contributed by atoms with E-state index in [9.17, 15) is 14.0 Å². The van der Waals surface area contributed by atoms with Crippen molar-refractivity contribution in [2.24, 2.45) is 0 Å². The minimum Gasteiger partial charge on any atom is -0.311 e. The highest BCUT2D eigenvalue weighted by molar-refractivity contribution is 6.02. The van der Waals surface area contributed by atoms with E-state index in [1.807, 2.05) is 0 Å².